The van der Waals surface area contributed by atoms with Crippen molar-refractivity contribution < 1.29 is 38.1 Å². The molecule has 0 spiro atoms. The number of benzene rings is 2. The number of allylic oxidation sites excluding steroid dienone is 2. The fraction of sp³-hybridized carbons (Fsp3) is 0.466. The molecule has 2 aromatic carbocycles. The number of pyridine rings is 2. The first kappa shape index (κ1) is 51.5. The number of anilines is 1. The van der Waals surface area contributed by atoms with Crippen molar-refractivity contribution in [3.05, 3.63) is 138 Å². The van der Waals surface area contributed by atoms with Crippen LogP contribution in [0.15, 0.2) is 109 Å². The van der Waals surface area contributed by atoms with Crippen LogP contribution in [-0.2, 0) is 28.5 Å². The number of hydrogen-bond donors (Lipinski definition) is 2. The van der Waals surface area contributed by atoms with Crippen molar-refractivity contribution in [1.82, 2.24) is 19.8 Å². The lowest BCUT2D eigenvalue weighted by atomic mass is 9.59. The lowest BCUT2D eigenvalue weighted by molar-refractivity contribution is -0.145. The Morgan fingerprint density at radius 1 is 0.681 bits per heavy atom. The van der Waals surface area contributed by atoms with Crippen LogP contribution in [0.4, 0.5) is 15.3 Å². The van der Waals surface area contributed by atoms with E-state index in [0.29, 0.717) is 62.6 Å². The lowest BCUT2D eigenvalue weighted by Gasteiger charge is -2.48. The van der Waals surface area contributed by atoms with Crippen molar-refractivity contribution in [3.63, 3.8) is 0 Å². The van der Waals surface area contributed by atoms with Crippen molar-refractivity contribution >= 4 is 47.7 Å². The summed E-state index contributed by atoms with van der Waals surface area (Å²) in [5, 5.41) is 7.97. The van der Waals surface area contributed by atoms with Crippen LogP contribution in [0.25, 0.3) is 12.2 Å². The summed E-state index contributed by atoms with van der Waals surface area (Å²) in [7, 11) is 0. The lowest BCUT2D eigenvalue weighted by Crippen LogP contribution is -2.51. The Morgan fingerprint density at radius 2 is 1.12 bits per heavy atom. The van der Waals surface area contributed by atoms with Gasteiger partial charge in [-0.2, -0.15) is 0 Å². The average molecular weight is 979 g/mol. The summed E-state index contributed by atoms with van der Waals surface area (Å²) < 4.78 is 21.6. The molecule has 0 radical (unpaired) electrons. The fourth-order valence-corrected chi connectivity index (χ4v) is 12.4. The van der Waals surface area contributed by atoms with Crippen LogP contribution < -0.4 is 5.73 Å². The van der Waals surface area contributed by atoms with Crippen molar-refractivity contribution in [2.75, 3.05) is 45.1 Å². The van der Waals surface area contributed by atoms with E-state index in [1.807, 2.05) is 126 Å². The third-order valence-corrected chi connectivity index (χ3v) is 15.7. The molecule has 3 N–H and O–H groups in total. The van der Waals surface area contributed by atoms with Gasteiger partial charge >= 0.3 is 24.1 Å². The van der Waals surface area contributed by atoms with Crippen LogP contribution in [0.3, 0.4) is 0 Å². The van der Waals surface area contributed by atoms with E-state index in [1.165, 1.54) is 0 Å². The fourth-order valence-electron chi connectivity index (χ4n) is 12.4. The second kappa shape index (κ2) is 23.6. The van der Waals surface area contributed by atoms with Gasteiger partial charge in [-0.1, -0.05) is 78.9 Å². The van der Waals surface area contributed by atoms with E-state index in [0.717, 1.165) is 53.8 Å². The summed E-state index contributed by atoms with van der Waals surface area (Å²) in [4.78, 5) is 61.9. The molecule has 0 unspecified atom stereocenters. The number of rotatable bonds is 8. The first-order chi connectivity index (χ1) is 34.8. The summed E-state index contributed by atoms with van der Waals surface area (Å²) in [6, 6.07) is 27.3. The van der Waals surface area contributed by atoms with Crippen molar-refractivity contribution in [2.45, 2.75) is 72.5 Å². The molecular formula is C58H70N6O8. The monoisotopic (exact) mass is 979 g/mol. The van der Waals surface area contributed by atoms with Gasteiger partial charge in [0.25, 0.3) is 0 Å². The number of carbonyl (C=O) groups is 4. The number of esters is 2. The highest BCUT2D eigenvalue weighted by Gasteiger charge is 2.56. The van der Waals surface area contributed by atoms with Gasteiger partial charge in [0, 0.05) is 44.2 Å². The summed E-state index contributed by atoms with van der Waals surface area (Å²) >= 11 is 0. The Labute approximate surface area is 423 Å². The molecule has 2 aromatic heterocycles. The Hall–Kier alpha value is -6.83. The molecule has 4 aliphatic heterocycles. The van der Waals surface area contributed by atoms with Gasteiger partial charge in [0.05, 0.1) is 54.0 Å². The van der Waals surface area contributed by atoms with E-state index in [4.69, 9.17) is 30.1 Å². The van der Waals surface area contributed by atoms with E-state index in [2.05, 4.69) is 34.3 Å². The van der Waals surface area contributed by atoms with Gasteiger partial charge in [-0.15, -0.1) is 0 Å². The summed E-state index contributed by atoms with van der Waals surface area (Å²) in [6.45, 7) is 13.1. The number of piperidine rings is 2. The maximum absolute atomic E-state index is 12.5. The minimum atomic E-state index is -0.256. The number of aromatic nitrogens is 2. The largest absolute Gasteiger partial charge is 0.462 e. The number of carbonyl (C=O) groups excluding carboxylic acids is 4. The Balaban J connectivity index is 0.000000153. The molecule has 4 saturated heterocycles. The Morgan fingerprint density at radius 3 is 1.53 bits per heavy atom. The number of nitrogens with one attached hydrogen (secondary N) is 1. The number of cyclic esters (lactones) is 2. The van der Waals surface area contributed by atoms with E-state index < -0.39 is 0 Å². The minimum absolute atomic E-state index is 0.0721. The van der Waals surface area contributed by atoms with E-state index >= 15 is 0 Å². The quantitative estimate of drug-likeness (QED) is 0.0972. The molecule has 14 heteroatoms. The number of aryl methyl sites for hydroxylation is 1. The third-order valence-electron chi connectivity index (χ3n) is 15.7. The highest BCUT2D eigenvalue weighted by atomic mass is 16.6. The van der Waals surface area contributed by atoms with Gasteiger partial charge in [0.1, 0.15) is 12.2 Å². The molecule has 2 amide bonds. The maximum Gasteiger partial charge on any atom is 0.409 e. The van der Waals surface area contributed by atoms with Gasteiger partial charge in [0.15, 0.2) is 0 Å². The number of ether oxygens (including phenoxy) is 4. The molecule has 2 saturated carbocycles. The molecule has 380 valence electrons. The zero-order valence-electron chi connectivity index (χ0n) is 42.2. The minimum Gasteiger partial charge on any atom is -0.462 e. The Bertz CT molecular complexity index is 2380. The molecule has 6 heterocycles. The van der Waals surface area contributed by atoms with Gasteiger partial charge in [-0.05, 0) is 143 Å². The highest BCUT2D eigenvalue weighted by Crippen LogP contribution is 2.53. The van der Waals surface area contributed by atoms with Crippen molar-refractivity contribution in [2.24, 2.45) is 59.2 Å². The zero-order chi connectivity index (χ0) is 50.9. The average Bonchev–Trinajstić information content (AvgIpc) is 3.85. The van der Waals surface area contributed by atoms with Gasteiger partial charge < -0.3 is 34.5 Å². The zero-order valence-corrected chi connectivity index (χ0v) is 42.2. The van der Waals surface area contributed by atoms with Crippen LogP contribution in [0.1, 0.15) is 81.5 Å². The van der Waals surface area contributed by atoms with Gasteiger partial charge in [-0.25, -0.2) is 9.59 Å². The molecule has 14 nitrogen and oxygen atoms in total. The predicted molar refractivity (Wildman–Crippen MR) is 276 cm³/mol. The number of likely N-dealkylation sites (tertiary alicyclic amines) is 2. The van der Waals surface area contributed by atoms with Gasteiger partial charge in [-0.3, -0.25) is 25.0 Å². The Kier molecular flexibility index (Phi) is 16.9. The molecule has 6 fully saturated rings. The summed E-state index contributed by atoms with van der Waals surface area (Å²) in [5.41, 5.74) is 11.8. The molecule has 10 rings (SSSR count). The number of nitrogens with two attached hydrogens (primary N) is 1. The SMILES string of the molecule is CCOC(=O)N1CC[C@@H]2[C@H](C[C@H]3C(=O)O[C@H](C)[C@H]3[C@H]2/C=C/c2ccc(C)cn2)C1.CCOC(=O)N1CC[C@@H]2[C@H](C[C@H]3C(=O)O[C@H](C)[C@H]3[C@H]2/C=C/c2ccc(N)cn2)C1.N=C(c1ccccc1)c1ccccc1. The first-order valence-corrected chi connectivity index (χ1v) is 25.8. The van der Waals surface area contributed by atoms with E-state index in [9.17, 15) is 19.2 Å². The summed E-state index contributed by atoms with van der Waals surface area (Å²) in [5.74, 6) is 1.83. The van der Waals surface area contributed by atoms with Crippen LogP contribution >= 0.6 is 0 Å². The normalized spacial score (nSPS) is 29.2. The molecule has 2 aliphatic carbocycles. The number of fused-ring (bicyclic) bond motifs is 4. The maximum atomic E-state index is 12.5. The number of amides is 2. The molecule has 6 aliphatic rings. The van der Waals surface area contributed by atoms with Gasteiger partial charge in [0.2, 0.25) is 0 Å². The van der Waals surface area contributed by atoms with Crippen molar-refractivity contribution in [1.29, 1.82) is 5.41 Å². The standard InChI is InChI=1S/C23H30N2O4.C22H29N3O4.C13H11N/c1-4-28-23(27)25-10-9-18-16(13-25)11-20-21(15(3)29-22(20)26)19(18)8-7-17-6-5-14(2)12-24-17;1-3-28-22(27)25-9-8-17-14(12-25)10-19-20(13(2)29-21(19)26)18(17)7-6-16-5-4-15(23)11-24-16;14-13(11-7-3-1-4-8-11)12-9-5-2-6-10-12/h5-8,12,15-16,18-21H,4,9-11,13H2,1-3H3;4-7,11,13-14,17-20H,3,8-10,12,23H2,1-2H3;1-10,14H/b8-7+;7-6+;/t15-,16-,18-,19+,20-,21+;13-,14-,17-,18+,19-,20+;/m11./s1. The highest BCUT2D eigenvalue weighted by molar-refractivity contribution is 6.10. The molecular weight excluding hydrogens is 909 g/mol. The van der Waals surface area contributed by atoms with E-state index in [-0.39, 0.29) is 83.7 Å². The second-order valence-corrected chi connectivity index (χ2v) is 20.1. The van der Waals surface area contributed by atoms with Crippen LogP contribution in [0.2, 0.25) is 0 Å². The summed E-state index contributed by atoms with van der Waals surface area (Å²) in [6.07, 6.45) is 14.8. The number of nitrogens with zero attached hydrogens (tertiary/aromatic N) is 4. The third kappa shape index (κ3) is 11.9. The molecule has 0 bridgehead atoms. The van der Waals surface area contributed by atoms with Crippen LogP contribution in [-0.4, -0.2) is 101 Å². The van der Waals surface area contributed by atoms with Crippen LogP contribution in [0.5, 0.6) is 0 Å². The molecule has 72 heavy (non-hydrogen) atoms. The molecule has 4 aromatic rings. The first-order valence-electron chi connectivity index (χ1n) is 25.8. The predicted octanol–water partition coefficient (Wildman–Crippen LogP) is 9.77. The van der Waals surface area contributed by atoms with E-state index in [1.54, 1.807) is 16.0 Å². The number of nitrogen functional groups attached to an aromatic ring is 1. The second-order valence-electron chi connectivity index (χ2n) is 20.1. The smallest absolute Gasteiger partial charge is 0.409 e. The molecule has 12 atom stereocenters. The topological polar surface area (TPSA) is 187 Å². The van der Waals surface area contributed by atoms with Crippen LogP contribution in [0, 0.1) is 71.5 Å². The number of hydrogen-bond acceptors (Lipinski definition) is 12. The van der Waals surface area contributed by atoms with Crippen molar-refractivity contribution in [3.8, 4) is 0 Å².